The van der Waals surface area contributed by atoms with E-state index in [0.717, 1.165) is 35.3 Å². The van der Waals surface area contributed by atoms with Crippen molar-refractivity contribution in [2.45, 2.75) is 12.8 Å². The molecule has 0 spiro atoms. The smallest absolute Gasteiger partial charge is 0.264 e. The number of halogens is 1. The van der Waals surface area contributed by atoms with Crippen molar-refractivity contribution < 1.29 is 4.79 Å². The summed E-state index contributed by atoms with van der Waals surface area (Å²) in [5.41, 5.74) is 0. The second-order valence-corrected chi connectivity index (χ2v) is 4.30. The Hall–Kier alpha value is -0.240. The lowest BCUT2D eigenvalue weighted by atomic mass is 10.3. The highest BCUT2D eigenvalue weighted by Gasteiger charge is 2.06. The first-order valence-electron chi connectivity index (χ1n) is 3.96. The highest BCUT2D eigenvalue weighted by Crippen LogP contribution is 2.01. The van der Waals surface area contributed by atoms with E-state index in [4.69, 9.17) is 0 Å². The summed E-state index contributed by atoms with van der Waals surface area (Å²) in [5, 5.41) is 6.40. The van der Waals surface area contributed by atoms with Crippen LogP contribution in [0.25, 0.3) is 0 Å². The van der Waals surface area contributed by atoms with E-state index in [-0.39, 0.29) is 5.91 Å². The van der Waals surface area contributed by atoms with Crippen LogP contribution in [0.4, 0.5) is 0 Å². The van der Waals surface area contributed by atoms with E-state index in [1.807, 2.05) is 0 Å². The Labute approximate surface area is 94.4 Å². The Morgan fingerprint density at radius 3 is 3.08 bits per heavy atom. The van der Waals surface area contributed by atoms with Gasteiger partial charge in [0.05, 0.1) is 6.20 Å². The summed E-state index contributed by atoms with van der Waals surface area (Å²) in [5.74, 6) is -0.0662. The summed E-state index contributed by atoms with van der Waals surface area (Å²) >= 11 is 3.44. The number of unbranched alkanes of at least 4 members (excludes halogenated alkanes) is 1. The van der Waals surface area contributed by atoms with Gasteiger partial charge >= 0.3 is 0 Å². The molecule has 1 rings (SSSR count). The molecule has 1 heterocycles. The van der Waals surface area contributed by atoms with E-state index in [2.05, 4.69) is 37.5 Å². The van der Waals surface area contributed by atoms with E-state index < -0.39 is 0 Å². The second-order valence-electron chi connectivity index (χ2n) is 2.43. The molecule has 1 amide bonds. The molecule has 0 unspecified atom stereocenters. The van der Waals surface area contributed by atoms with Gasteiger partial charge in [0.15, 0.2) is 0 Å². The molecule has 4 nitrogen and oxygen atoms in total. The van der Waals surface area contributed by atoms with Gasteiger partial charge in [-0.3, -0.25) is 4.79 Å². The molecule has 6 heteroatoms. The summed E-state index contributed by atoms with van der Waals surface area (Å²) in [7, 11) is 0. The van der Waals surface area contributed by atoms with Crippen LogP contribution in [0.1, 0.15) is 22.5 Å². The number of alkyl halides is 1. The minimum Gasteiger partial charge on any atom is -0.351 e. The zero-order valence-electron chi connectivity index (χ0n) is 6.99. The minimum absolute atomic E-state index is 0.0662. The Morgan fingerprint density at radius 2 is 2.46 bits per heavy atom. The summed E-state index contributed by atoms with van der Waals surface area (Å²) in [6, 6.07) is 0. The Morgan fingerprint density at radius 1 is 1.62 bits per heavy atom. The van der Waals surface area contributed by atoms with Gasteiger partial charge in [-0.05, 0) is 28.8 Å². The van der Waals surface area contributed by atoms with Crippen LogP contribution in [-0.2, 0) is 0 Å². The molecule has 0 aliphatic rings. The standard InChI is InChI=1S/C7H10IN3OS/c8-3-1-2-4-9-7(12)6-5-10-11-13-6/h5H,1-4H2,(H,9,12). The molecule has 1 aromatic heterocycles. The largest absolute Gasteiger partial charge is 0.351 e. The molecule has 0 fully saturated rings. The molecule has 0 saturated carbocycles. The first-order valence-corrected chi connectivity index (χ1v) is 6.26. The van der Waals surface area contributed by atoms with Crippen LogP contribution >= 0.6 is 34.1 Å². The fourth-order valence-electron chi connectivity index (χ4n) is 0.776. The number of hydrogen-bond acceptors (Lipinski definition) is 4. The zero-order chi connectivity index (χ0) is 9.52. The van der Waals surface area contributed by atoms with Crippen LogP contribution in [0.3, 0.4) is 0 Å². The van der Waals surface area contributed by atoms with Gasteiger partial charge in [-0.2, -0.15) is 0 Å². The van der Waals surface area contributed by atoms with Crippen LogP contribution in [0.5, 0.6) is 0 Å². The molecule has 0 aliphatic carbocycles. The zero-order valence-corrected chi connectivity index (χ0v) is 9.97. The van der Waals surface area contributed by atoms with Crippen molar-refractivity contribution in [1.29, 1.82) is 0 Å². The van der Waals surface area contributed by atoms with Crippen LogP contribution < -0.4 is 5.32 Å². The number of carbonyl (C=O) groups is 1. The third-order valence-electron chi connectivity index (χ3n) is 1.43. The van der Waals surface area contributed by atoms with E-state index in [1.54, 1.807) is 0 Å². The first kappa shape index (κ1) is 10.8. The summed E-state index contributed by atoms with van der Waals surface area (Å²) in [6.07, 6.45) is 3.65. The van der Waals surface area contributed by atoms with Crippen molar-refractivity contribution in [3.63, 3.8) is 0 Å². The minimum atomic E-state index is -0.0662. The molecular weight excluding hydrogens is 301 g/mol. The highest BCUT2D eigenvalue weighted by atomic mass is 127. The number of nitrogens with one attached hydrogen (secondary N) is 1. The van der Waals surface area contributed by atoms with Gasteiger partial charge in [0.25, 0.3) is 5.91 Å². The average molecular weight is 311 g/mol. The molecular formula is C7H10IN3OS. The lowest BCUT2D eigenvalue weighted by Crippen LogP contribution is -2.23. The van der Waals surface area contributed by atoms with Gasteiger partial charge < -0.3 is 5.32 Å². The van der Waals surface area contributed by atoms with Gasteiger partial charge in [0, 0.05) is 6.54 Å². The summed E-state index contributed by atoms with van der Waals surface area (Å²) < 4.78 is 4.75. The fourth-order valence-corrected chi connectivity index (χ4v) is 1.75. The maximum Gasteiger partial charge on any atom is 0.264 e. The maximum absolute atomic E-state index is 11.3. The van der Waals surface area contributed by atoms with E-state index >= 15 is 0 Å². The second kappa shape index (κ2) is 6.25. The molecule has 1 aromatic rings. The number of amides is 1. The third-order valence-corrected chi connectivity index (χ3v) is 2.86. The monoisotopic (exact) mass is 311 g/mol. The van der Waals surface area contributed by atoms with Crippen molar-refractivity contribution >= 4 is 40.0 Å². The normalized spacial score (nSPS) is 9.92. The molecule has 0 aliphatic heterocycles. The van der Waals surface area contributed by atoms with Crippen LogP contribution in [0, 0.1) is 0 Å². The van der Waals surface area contributed by atoms with Crippen molar-refractivity contribution in [3.8, 4) is 0 Å². The molecule has 1 N–H and O–H groups in total. The fraction of sp³-hybridized carbons (Fsp3) is 0.571. The lowest BCUT2D eigenvalue weighted by Gasteiger charge is -2.00. The quantitative estimate of drug-likeness (QED) is 0.509. The molecule has 0 radical (unpaired) electrons. The van der Waals surface area contributed by atoms with Gasteiger partial charge in [0.2, 0.25) is 0 Å². The summed E-state index contributed by atoms with van der Waals surface area (Å²) in [4.78, 5) is 11.9. The van der Waals surface area contributed by atoms with Gasteiger partial charge in [0.1, 0.15) is 4.88 Å². The van der Waals surface area contributed by atoms with Crippen molar-refractivity contribution in [1.82, 2.24) is 14.9 Å². The van der Waals surface area contributed by atoms with Crippen molar-refractivity contribution in [2.75, 3.05) is 11.0 Å². The van der Waals surface area contributed by atoms with Gasteiger partial charge in [-0.1, -0.05) is 27.1 Å². The SMILES string of the molecule is O=C(NCCCCI)c1cnns1. The third kappa shape index (κ3) is 3.99. The number of nitrogens with zero attached hydrogens (tertiary/aromatic N) is 2. The van der Waals surface area contributed by atoms with E-state index in [9.17, 15) is 4.79 Å². The first-order chi connectivity index (χ1) is 6.34. The molecule has 0 atom stereocenters. The average Bonchev–Trinajstić information content (AvgIpc) is 2.65. The highest BCUT2D eigenvalue weighted by molar-refractivity contribution is 14.1. The number of rotatable bonds is 5. The van der Waals surface area contributed by atoms with Crippen LogP contribution in [0.15, 0.2) is 6.20 Å². The molecule has 13 heavy (non-hydrogen) atoms. The van der Waals surface area contributed by atoms with Crippen molar-refractivity contribution in [3.05, 3.63) is 11.1 Å². The van der Waals surface area contributed by atoms with Crippen LogP contribution in [0.2, 0.25) is 0 Å². The number of carbonyl (C=O) groups excluding carboxylic acids is 1. The Balaban J connectivity index is 2.19. The molecule has 0 aromatic carbocycles. The number of hydrogen-bond donors (Lipinski definition) is 1. The van der Waals surface area contributed by atoms with Crippen LogP contribution in [-0.4, -0.2) is 26.5 Å². The molecule has 72 valence electrons. The molecule has 0 saturated heterocycles. The maximum atomic E-state index is 11.3. The van der Waals surface area contributed by atoms with E-state index in [1.165, 1.54) is 6.20 Å². The van der Waals surface area contributed by atoms with E-state index in [0.29, 0.717) is 4.88 Å². The van der Waals surface area contributed by atoms with Gasteiger partial charge in [-0.15, -0.1) is 5.10 Å². The molecule has 0 bridgehead atoms. The topological polar surface area (TPSA) is 54.9 Å². The summed E-state index contributed by atoms with van der Waals surface area (Å²) in [6.45, 7) is 0.736. The Kier molecular flexibility index (Phi) is 5.21. The Bertz CT molecular complexity index is 252. The number of aromatic nitrogens is 2. The predicted molar refractivity (Wildman–Crippen MR) is 60.4 cm³/mol. The lowest BCUT2D eigenvalue weighted by molar-refractivity contribution is 0.0957. The predicted octanol–water partition coefficient (Wildman–Crippen LogP) is 1.48. The van der Waals surface area contributed by atoms with Gasteiger partial charge in [-0.25, -0.2) is 0 Å². The van der Waals surface area contributed by atoms with Crippen molar-refractivity contribution in [2.24, 2.45) is 0 Å².